The Balaban J connectivity index is 2.07. The molecule has 0 aromatic heterocycles. The van der Waals surface area contributed by atoms with Crippen LogP contribution in [0.4, 0.5) is 0 Å². The highest BCUT2D eigenvalue weighted by molar-refractivity contribution is 5.44. The molecule has 2 atom stereocenters. The number of aryl methyl sites for hydroxylation is 2. The first-order valence-electron chi connectivity index (χ1n) is 6.06. The van der Waals surface area contributed by atoms with E-state index in [1.165, 1.54) is 31.2 Å². The summed E-state index contributed by atoms with van der Waals surface area (Å²) in [4.78, 5) is 0. The molecule has 2 unspecified atom stereocenters. The summed E-state index contributed by atoms with van der Waals surface area (Å²) in [5.41, 5.74) is 10.9. The molecule has 0 aliphatic heterocycles. The smallest absolute Gasteiger partial charge is 0.00000688 e. The first-order valence-corrected chi connectivity index (χ1v) is 6.06. The lowest BCUT2D eigenvalue weighted by atomic mass is 9.78. The molecular formula is C14H19N. The molecule has 1 nitrogen and oxygen atoms in total. The molecule has 0 heterocycles. The van der Waals surface area contributed by atoms with Gasteiger partial charge < -0.3 is 5.73 Å². The van der Waals surface area contributed by atoms with Gasteiger partial charge in [-0.3, -0.25) is 0 Å². The molecule has 2 aliphatic rings. The van der Waals surface area contributed by atoms with E-state index in [0.29, 0.717) is 5.41 Å². The fourth-order valence-corrected chi connectivity index (χ4v) is 3.43. The van der Waals surface area contributed by atoms with Crippen molar-refractivity contribution in [3.63, 3.8) is 0 Å². The van der Waals surface area contributed by atoms with Crippen LogP contribution in [0.25, 0.3) is 0 Å². The number of hydrogen-bond acceptors (Lipinski definition) is 1. The van der Waals surface area contributed by atoms with Crippen molar-refractivity contribution in [3.8, 4) is 0 Å². The van der Waals surface area contributed by atoms with E-state index in [1.54, 1.807) is 11.1 Å². The van der Waals surface area contributed by atoms with Gasteiger partial charge in [-0.05, 0) is 61.6 Å². The standard InChI is InChI=1S/C14H19N/c1-10-4-5-11-3-2-6-14(13(11)7-10)8-12(14)9-15/h4-5,7,12H,2-3,6,8-9,15H2,1H3. The zero-order valence-corrected chi connectivity index (χ0v) is 9.42. The molecule has 1 saturated carbocycles. The first kappa shape index (κ1) is 9.41. The Labute approximate surface area is 91.7 Å². The van der Waals surface area contributed by atoms with Crippen LogP contribution in [0.1, 0.15) is 36.0 Å². The molecule has 1 fully saturated rings. The lowest BCUT2D eigenvalue weighted by Gasteiger charge is -2.27. The molecule has 0 radical (unpaired) electrons. The molecule has 2 N–H and O–H groups in total. The predicted octanol–water partition coefficient (Wildman–Crippen LogP) is 2.55. The first-order chi connectivity index (χ1) is 7.26. The van der Waals surface area contributed by atoms with Gasteiger partial charge in [0.15, 0.2) is 0 Å². The van der Waals surface area contributed by atoms with Crippen LogP contribution >= 0.6 is 0 Å². The molecule has 1 aromatic carbocycles. The van der Waals surface area contributed by atoms with Crippen LogP contribution in [0.3, 0.4) is 0 Å². The lowest BCUT2D eigenvalue weighted by molar-refractivity contribution is 0.499. The molecule has 0 amide bonds. The van der Waals surface area contributed by atoms with Gasteiger partial charge in [0, 0.05) is 0 Å². The molecule has 1 spiro atoms. The van der Waals surface area contributed by atoms with E-state index in [-0.39, 0.29) is 0 Å². The Kier molecular flexibility index (Phi) is 1.93. The third-order valence-corrected chi connectivity index (χ3v) is 4.39. The van der Waals surface area contributed by atoms with Gasteiger partial charge in [-0.25, -0.2) is 0 Å². The minimum atomic E-state index is 0.494. The van der Waals surface area contributed by atoms with Crippen molar-refractivity contribution in [2.75, 3.05) is 6.54 Å². The maximum Gasteiger partial charge on any atom is -0.00000688 e. The maximum absolute atomic E-state index is 5.83. The third-order valence-electron chi connectivity index (χ3n) is 4.39. The Hall–Kier alpha value is -0.820. The summed E-state index contributed by atoms with van der Waals surface area (Å²) >= 11 is 0. The van der Waals surface area contributed by atoms with E-state index >= 15 is 0 Å². The van der Waals surface area contributed by atoms with Crippen LogP contribution in [0, 0.1) is 12.8 Å². The summed E-state index contributed by atoms with van der Waals surface area (Å²) in [5, 5.41) is 0. The van der Waals surface area contributed by atoms with E-state index < -0.39 is 0 Å². The normalized spacial score (nSPS) is 32.8. The Morgan fingerprint density at radius 3 is 3.07 bits per heavy atom. The van der Waals surface area contributed by atoms with Crippen molar-refractivity contribution in [1.29, 1.82) is 0 Å². The number of nitrogens with two attached hydrogens (primary N) is 1. The van der Waals surface area contributed by atoms with E-state index in [4.69, 9.17) is 5.73 Å². The summed E-state index contributed by atoms with van der Waals surface area (Å²) in [6, 6.07) is 6.99. The Morgan fingerprint density at radius 1 is 1.47 bits per heavy atom. The highest BCUT2D eigenvalue weighted by atomic mass is 14.7. The second-order valence-corrected chi connectivity index (χ2v) is 5.31. The minimum absolute atomic E-state index is 0.494. The number of benzene rings is 1. The van der Waals surface area contributed by atoms with Crippen molar-refractivity contribution in [2.45, 2.75) is 38.0 Å². The quantitative estimate of drug-likeness (QED) is 0.742. The lowest BCUT2D eigenvalue weighted by Crippen LogP contribution is -2.21. The highest BCUT2D eigenvalue weighted by Gasteiger charge is 2.55. The van der Waals surface area contributed by atoms with Crippen LogP contribution in [0.5, 0.6) is 0 Å². The predicted molar refractivity (Wildman–Crippen MR) is 63.0 cm³/mol. The van der Waals surface area contributed by atoms with Crippen molar-refractivity contribution in [1.82, 2.24) is 0 Å². The van der Waals surface area contributed by atoms with Crippen molar-refractivity contribution in [3.05, 3.63) is 34.9 Å². The second-order valence-electron chi connectivity index (χ2n) is 5.31. The van der Waals surface area contributed by atoms with Crippen LogP contribution in [-0.4, -0.2) is 6.54 Å². The summed E-state index contributed by atoms with van der Waals surface area (Å²) in [5.74, 6) is 0.762. The number of rotatable bonds is 1. The SMILES string of the molecule is Cc1ccc2c(c1)C1(CCC2)CC1CN. The largest absolute Gasteiger partial charge is 0.330 e. The van der Waals surface area contributed by atoms with Crippen molar-refractivity contribution < 1.29 is 0 Å². The Bertz CT molecular complexity index is 396. The third kappa shape index (κ3) is 1.26. The topological polar surface area (TPSA) is 26.0 Å². The zero-order chi connectivity index (χ0) is 10.5. The van der Waals surface area contributed by atoms with Gasteiger partial charge in [0.2, 0.25) is 0 Å². The molecular weight excluding hydrogens is 182 g/mol. The number of fused-ring (bicyclic) bond motifs is 2. The number of hydrogen-bond donors (Lipinski definition) is 1. The van der Waals surface area contributed by atoms with Gasteiger partial charge in [0.25, 0.3) is 0 Å². The van der Waals surface area contributed by atoms with E-state index in [0.717, 1.165) is 12.5 Å². The monoisotopic (exact) mass is 201 g/mol. The molecule has 1 heteroatoms. The van der Waals surface area contributed by atoms with E-state index in [2.05, 4.69) is 25.1 Å². The molecule has 1 aromatic rings. The van der Waals surface area contributed by atoms with Gasteiger partial charge >= 0.3 is 0 Å². The van der Waals surface area contributed by atoms with Gasteiger partial charge in [0.1, 0.15) is 0 Å². The van der Waals surface area contributed by atoms with Crippen molar-refractivity contribution >= 4 is 0 Å². The average molecular weight is 201 g/mol. The molecule has 3 rings (SSSR count). The summed E-state index contributed by atoms with van der Waals surface area (Å²) < 4.78 is 0. The molecule has 80 valence electrons. The Morgan fingerprint density at radius 2 is 2.33 bits per heavy atom. The summed E-state index contributed by atoms with van der Waals surface area (Å²) in [6.07, 6.45) is 5.33. The van der Waals surface area contributed by atoms with Crippen LogP contribution in [0.2, 0.25) is 0 Å². The fourth-order valence-electron chi connectivity index (χ4n) is 3.43. The van der Waals surface area contributed by atoms with Crippen molar-refractivity contribution in [2.24, 2.45) is 11.7 Å². The summed E-state index contributed by atoms with van der Waals surface area (Å²) in [7, 11) is 0. The fraction of sp³-hybridized carbons (Fsp3) is 0.571. The minimum Gasteiger partial charge on any atom is -0.330 e. The van der Waals surface area contributed by atoms with Gasteiger partial charge in [-0.15, -0.1) is 0 Å². The van der Waals surface area contributed by atoms with Gasteiger partial charge in [-0.2, -0.15) is 0 Å². The average Bonchev–Trinajstić information content (AvgIpc) is 2.94. The van der Waals surface area contributed by atoms with Crippen LogP contribution in [0.15, 0.2) is 18.2 Å². The summed E-state index contributed by atoms with van der Waals surface area (Å²) in [6.45, 7) is 3.07. The van der Waals surface area contributed by atoms with Gasteiger partial charge in [0.05, 0.1) is 0 Å². The van der Waals surface area contributed by atoms with Crippen LogP contribution < -0.4 is 5.73 Å². The molecule has 2 aliphatic carbocycles. The molecule has 15 heavy (non-hydrogen) atoms. The zero-order valence-electron chi connectivity index (χ0n) is 9.42. The van der Waals surface area contributed by atoms with E-state index in [9.17, 15) is 0 Å². The second kappa shape index (κ2) is 3.08. The van der Waals surface area contributed by atoms with Gasteiger partial charge in [-0.1, -0.05) is 23.8 Å². The van der Waals surface area contributed by atoms with E-state index in [1.807, 2.05) is 0 Å². The highest BCUT2D eigenvalue weighted by Crippen LogP contribution is 2.59. The maximum atomic E-state index is 5.83. The molecule has 0 bridgehead atoms. The molecule has 0 saturated heterocycles. The van der Waals surface area contributed by atoms with Crippen LogP contribution in [-0.2, 0) is 11.8 Å².